The number of carbonyl (C=O) groups is 1. The average Bonchev–Trinajstić information content (AvgIpc) is 1.91. The number of nitrogens with zero attached hydrogens (tertiary/aromatic N) is 1. The summed E-state index contributed by atoms with van der Waals surface area (Å²) in [6, 6.07) is 0. The van der Waals surface area contributed by atoms with Gasteiger partial charge in [0.25, 0.3) is 5.70 Å². The fourth-order valence-corrected chi connectivity index (χ4v) is 0.325. The summed E-state index contributed by atoms with van der Waals surface area (Å²) >= 11 is 0. The molecule has 0 rings (SSSR count). The Morgan fingerprint density at radius 2 is 2.50 bits per heavy atom. The summed E-state index contributed by atoms with van der Waals surface area (Å²) in [6.45, 7) is 8.10. The van der Waals surface area contributed by atoms with Crippen molar-refractivity contribution < 1.29 is 14.6 Å². The van der Waals surface area contributed by atoms with Crippen LogP contribution in [0.25, 0.3) is 4.85 Å². The summed E-state index contributed by atoms with van der Waals surface area (Å²) in [5.41, 5.74) is -0.512. The molecular weight excluding hydrogens is 134 g/mol. The number of ether oxygens (including phenoxy) is 1. The van der Waals surface area contributed by atoms with Gasteiger partial charge in [-0.15, -0.1) is 6.26 Å². The summed E-state index contributed by atoms with van der Waals surface area (Å²) < 4.78 is 4.36. The fourth-order valence-electron chi connectivity index (χ4n) is 0.325. The predicted molar refractivity (Wildman–Crippen MR) is 31.3 cm³/mol. The van der Waals surface area contributed by atoms with Gasteiger partial charge in [-0.2, -0.15) is 0 Å². The molecule has 0 bridgehead atoms. The van der Waals surface area contributed by atoms with E-state index in [9.17, 15) is 9.90 Å². The van der Waals surface area contributed by atoms with Crippen LogP contribution in [-0.2, 0) is 9.53 Å². The largest absolute Gasteiger partial charge is 0.886 e. The van der Waals surface area contributed by atoms with Crippen LogP contribution in [0.15, 0.2) is 12.0 Å². The molecule has 0 aromatic carbocycles. The molecular formula is C6H6NO3-. The molecule has 0 aliphatic rings. The van der Waals surface area contributed by atoms with Crippen LogP contribution in [0.4, 0.5) is 0 Å². The highest BCUT2D eigenvalue weighted by Gasteiger charge is 2.05. The van der Waals surface area contributed by atoms with Gasteiger partial charge in [0, 0.05) is 0 Å². The first-order valence-corrected chi connectivity index (χ1v) is 2.63. The first-order chi connectivity index (χ1) is 4.76. The molecule has 0 saturated heterocycles. The molecule has 0 radical (unpaired) electrons. The summed E-state index contributed by atoms with van der Waals surface area (Å²) in [4.78, 5) is 13.2. The van der Waals surface area contributed by atoms with Gasteiger partial charge >= 0.3 is 5.97 Å². The van der Waals surface area contributed by atoms with Gasteiger partial charge in [0.05, 0.1) is 13.2 Å². The van der Waals surface area contributed by atoms with E-state index in [2.05, 4.69) is 9.58 Å². The molecule has 0 aliphatic carbocycles. The molecule has 0 N–H and O–H groups in total. The summed E-state index contributed by atoms with van der Waals surface area (Å²) in [6.07, 6.45) is 0.186. The standard InChI is InChI=1S/C6H7NO3/c1-3-10-6(9)5(4-8)7-2/h4,8H,3H2,1H3/p-1/b5-4+. The van der Waals surface area contributed by atoms with E-state index in [4.69, 9.17) is 6.57 Å². The van der Waals surface area contributed by atoms with E-state index in [1.54, 1.807) is 6.92 Å². The molecule has 4 heteroatoms. The maximum atomic E-state index is 10.5. The lowest BCUT2D eigenvalue weighted by molar-refractivity contribution is -0.276. The monoisotopic (exact) mass is 140 g/mol. The van der Waals surface area contributed by atoms with Gasteiger partial charge in [-0.05, 0) is 6.92 Å². The average molecular weight is 140 g/mol. The first kappa shape index (κ1) is 8.50. The predicted octanol–water partition coefficient (Wildman–Crippen LogP) is -0.330. The molecule has 0 fully saturated rings. The third-order valence-electron chi connectivity index (χ3n) is 0.717. The van der Waals surface area contributed by atoms with Gasteiger partial charge in [0.2, 0.25) is 0 Å². The van der Waals surface area contributed by atoms with Crippen LogP contribution in [0, 0.1) is 6.57 Å². The number of carbonyl (C=O) groups excluding carboxylic acids is 1. The molecule has 0 aliphatic heterocycles. The quantitative estimate of drug-likeness (QED) is 0.228. The molecule has 54 valence electrons. The molecule has 0 amide bonds. The third-order valence-corrected chi connectivity index (χ3v) is 0.717. The van der Waals surface area contributed by atoms with Gasteiger partial charge in [0.15, 0.2) is 0 Å². The van der Waals surface area contributed by atoms with Crippen LogP contribution >= 0.6 is 0 Å². The van der Waals surface area contributed by atoms with Crippen LogP contribution in [0.3, 0.4) is 0 Å². The smallest absolute Gasteiger partial charge is 0.334 e. The molecule has 0 aromatic rings. The van der Waals surface area contributed by atoms with Crippen molar-refractivity contribution in [1.82, 2.24) is 0 Å². The second-order valence-electron chi connectivity index (χ2n) is 1.34. The SMILES string of the molecule is [C-]#[N+]/C(=C/[O-])C(=O)OCC. The maximum absolute atomic E-state index is 10.5. The maximum Gasteiger partial charge on any atom is 0.334 e. The van der Waals surface area contributed by atoms with Gasteiger partial charge in [0.1, 0.15) is 0 Å². The van der Waals surface area contributed by atoms with E-state index in [1.807, 2.05) is 0 Å². The van der Waals surface area contributed by atoms with Crippen molar-refractivity contribution >= 4 is 5.97 Å². The van der Waals surface area contributed by atoms with Crippen molar-refractivity contribution in [2.24, 2.45) is 0 Å². The highest BCUT2D eigenvalue weighted by Crippen LogP contribution is 1.96. The van der Waals surface area contributed by atoms with Crippen molar-refractivity contribution in [3.8, 4) is 0 Å². The Kier molecular flexibility index (Phi) is 3.73. The lowest BCUT2D eigenvalue weighted by atomic mass is 10.5. The molecule has 0 heterocycles. The Hall–Kier alpha value is -1.50. The number of rotatable bonds is 2. The Morgan fingerprint density at radius 1 is 1.90 bits per heavy atom. The van der Waals surface area contributed by atoms with Crippen LogP contribution < -0.4 is 5.11 Å². The molecule has 0 atom stereocenters. The normalized spacial score (nSPS) is 10.2. The Balaban J connectivity index is 4.08. The number of hydrogen-bond acceptors (Lipinski definition) is 3. The van der Waals surface area contributed by atoms with Crippen LogP contribution in [0.1, 0.15) is 6.92 Å². The van der Waals surface area contributed by atoms with E-state index in [1.165, 1.54) is 0 Å². The Labute approximate surface area is 58.5 Å². The minimum Gasteiger partial charge on any atom is -0.886 e. The second kappa shape index (κ2) is 4.39. The third kappa shape index (κ3) is 2.18. The van der Waals surface area contributed by atoms with Gasteiger partial charge in [-0.25, -0.2) is 4.85 Å². The van der Waals surface area contributed by atoms with E-state index in [-0.39, 0.29) is 12.9 Å². The van der Waals surface area contributed by atoms with Gasteiger partial charge < -0.3 is 9.84 Å². The lowest BCUT2D eigenvalue weighted by Gasteiger charge is -1.99. The zero-order chi connectivity index (χ0) is 7.98. The molecule has 0 saturated carbocycles. The highest BCUT2D eigenvalue weighted by atomic mass is 16.5. The topological polar surface area (TPSA) is 53.7 Å². The first-order valence-electron chi connectivity index (χ1n) is 2.63. The second-order valence-corrected chi connectivity index (χ2v) is 1.34. The van der Waals surface area contributed by atoms with E-state index in [0.717, 1.165) is 0 Å². The number of esters is 1. The van der Waals surface area contributed by atoms with Gasteiger partial charge in [-0.1, -0.05) is 0 Å². The van der Waals surface area contributed by atoms with Crippen LogP contribution in [0.5, 0.6) is 0 Å². The van der Waals surface area contributed by atoms with Crippen LogP contribution in [-0.4, -0.2) is 12.6 Å². The van der Waals surface area contributed by atoms with Crippen molar-refractivity contribution in [3.63, 3.8) is 0 Å². The van der Waals surface area contributed by atoms with Gasteiger partial charge in [-0.3, -0.25) is 4.79 Å². The minimum atomic E-state index is -0.854. The Bertz CT molecular complexity index is 190. The zero-order valence-electron chi connectivity index (χ0n) is 5.46. The molecule has 0 unspecified atom stereocenters. The molecule has 0 spiro atoms. The van der Waals surface area contributed by atoms with Crippen molar-refractivity contribution in [2.45, 2.75) is 6.92 Å². The molecule has 4 nitrogen and oxygen atoms in total. The highest BCUT2D eigenvalue weighted by molar-refractivity contribution is 5.89. The van der Waals surface area contributed by atoms with E-state index >= 15 is 0 Å². The minimum absolute atomic E-state index is 0.172. The van der Waals surface area contributed by atoms with Crippen LogP contribution in [0.2, 0.25) is 0 Å². The summed E-state index contributed by atoms with van der Waals surface area (Å²) in [5.74, 6) is -0.854. The lowest BCUT2D eigenvalue weighted by Crippen LogP contribution is -2.07. The number of hydrogen-bond donors (Lipinski definition) is 0. The van der Waals surface area contributed by atoms with E-state index in [0.29, 0.717) is 0 Å². The summed E-state index contributed by atoms with van der Waals surface area (Å²) in [7, 11) is 0. The van der Waals surface area contributed by atoms with Crippen molar-refractivity contribution in [3.05, 3.63) is 23.4 Å². The fraction of sp³-hybridized carbons (Fsp3) is 0.333. The molecule has 0 aromatic heterocycles. The zero-order valence-corrected chi connectivity index (χ0v) is 5.46. The van der Waals surface area contributed by atoms with Crippen molar-refractivity contribution in [1.29, 1.82) is 0 Å². The molecule has 10 heavy (non-hydrogen) atoms. The van der Waals surface area contributed by atoms with Crippen molar-refractivity contribution in [2.75, 3.05) is 6.61 Å². The van der Waals surface area contributed by atoms with E-state index < -0.39 is 11.7 Å². The summed E-state index contributed by atoms with van der Waals surface area (Å²) in [5, 5.41) is 9.90. The Morgan fingerprint density at radius 3 is 2.80 bits per heavy atom.